The lowest BCUT2D eigenvalue weighted by Crippen LogP contribution is -2.51. The SMILES string of the molecule is Cc1cccc(NC(=O)CN(C)[C@@H](C)C(=O)N2C[C@H](C)C[C@H](C)C2)c1C. The number of nitrogens with zero attached hydrogens (tertiary/aromatic N) is 2. The Kier molecular flexibility index (Phi) is 6.81. The Hall–Kier alpha value is -1.88. The molecule has 0 unspecified atom stereocenters. The molecule has 1 aromatic rings. The number of hydrogen-bond acceptors (Lipinski definition) is 3. The summed E-state index contributed by atoms with van der Waals surface area (Å²) in [5.74, 6) is 1.09. The van der Waals surface area contributed by atoms with Crippen LogP contribution in [0.1, 0.15) is 38.3 Å². The number of aryl methyl sites for hydroxylation is 1. The molecule has 1 N–H and O–H groups in total. The first-order chi connectivity index (χ1) is 12.2. The number of nitrogens with one attached hydrogen (secondary N) is 1. The number of likely N-dealkylation sites (tertiary alicyclic amines) is 1. The zero-order valence-electron chi connectivity index (χ0n) is 17.0. The van der Waals surface area contributed by atoms with Crippen LogP contribution < -0.4 is 5.32 Å². The van der Waals surface area contributed by atoms with Gasteiger partial charge in [-0.2, -0.15) is 0 Å². The number of anilines is 1. The highest BCUT2D eigenvalue weighted by Gasteiger charge is 2.30. The van der Waals surface area contributed by atoms with Crippen molar-refractivity contribution >= 4 is 17.5 Å². The van der Waals surface area contributed by atoms with E-state index >= 15 is 0 Å². The third kappa shape index (κ3) is 5.07. The van der Waals surface area contributed by atoms with Gasteiger partial charge in [0.15, 0.2) is 0 Å². The van der Waals surface area contributed by atoms with Gasteiger partial charge in [0.2, 0.25) is 11.8 Å². The van der Waals surface area contributed by atoms with Gasteiger partial charge in [0.25, 0.3) is 0 Å². The van der Waals surface area contributed by atoms with E-state index in [2.05, 4.69) is 19.2 Å². The second-order valence-corrected chi connectivity index (χ2v) is 8.08. The minimum absolute atomic E-state index is 0.0961. The predicted octanol–water partition coefficient (Wildman–Crippen LogP) is 3.07. The normalized spacial score (nSPS) is 21.6. The van der Waals surface area contributed by atoms with Crippen molar-refractivity contribution in [3.8, 4) is 0 Å². The summed E-state index contributed by atoms with van der Waals surface area (Å²) in [7, 11) is 1.84. The van der Waals surface area contributed by atoms with Crippen molar-refractivity contribution in [3.05, 3.63) is 29.3 Å². The van der Waals surface area contributed by atoms with Gasteiger partial charge < -0.3 is 10.2 Å². The van der Waals surface area contributed by atoms with Crippen molar-refractivity contribution < 1.29 is 9.59 Å². The average Bonchev–Trinajstić information content (AvgIpc) is 2.56. The number of hydrogen-bond donors (Lipinski definition) is 1. The second-order valence-electron chi connectivity index (χ2n) is 8.08. The Morgan fingerprint density at radius 2 is 1.85 bits per heavy atom. The maximum Gasteiger partial charge on any atom is 0.239 e. The topological polar surface area (TPSA) is 52.7 Å². The quantitative estimate of drug-likeness (QED) is 0.879. The van der Waals surface area contributed by atoms with Gasteiger partial charge in [-0.3, -0.25) is 14.5 Å². The van der Waals surface area contributed by atoms with Crippen molar-refractivity contribution in [3.63, 3.8) is 0 Å². The number of piperidine rings is 1. The molecule has 1 fully saturated rings. The second kappa shape index (κ2) is 8.67. The van der Waals surface area contributed by atoms with Gasteiger partial charge in [-0.25, -0.2) is 0 Å². The van der Waals surface area contributed by atoms with Crippen molar-refractivity contribution in [1.29, 1.82) is 0 Å². The summed E-state index contributed by atoms with van der Waals surface area (Å²) in [6.07, 6.45) is 1.17. The zero-order valence-corrected chi connectivity index (χ0v) is 17.0. The summed E-state index contributed by atoms with van der Waals surface area (Å²) in [6, 6.07) is 5.56. The van der Waals surface area contributed by atoms with Gasteiger partial charge in [-0.1, -0.05) is 26.0 Å². The molecule has 2 rings (SSSR count). The molecular formula is C21H33N3O2. The largest absolute Gasteiger partial charge is 0.341 e. The molecular weight excluding hydrogens is 326 g/mol. The molecule has 1 aliphatic heterocycles. The first kappa shape index (κ1) is 20.4. The fourth-order valence-electron chi connectivity index (χ4n) is 3.74. The van der Waals surface area contributed by atoms with E-state index in [1.807, 2.05) is 55.8 Å². The summed E-state index contributed by atoms with van der Waals surface area (Å²) in [4.78, 5) is 29.0. The van der Waals surface area contributed by atoms with Crippen LogP contribution in [0.25, 0.3) is 0 Å². The lowest BCUT2D eigenvalue weighted by atomic mass is 9.91. The molecule has 1 saturated heterocycles. The lowest BCUT2D eigenvalue weighted by molar-refractivity contribution is -0.139. The van der Waals surface area contributed by atoms with E-state index in [0.29, 0.717) is 11.8 Å². The zero-order chi connectivity index (χ0) is 19.4. The highest BCUT2D eigenvalue weighted by atomic mass is 16.2. The number of likely N-dealkylation sites (N-methyl/N-ethyl adjacent to an activating group) is 1. The van der Waals surface area contributed by atoms with Crippen molar-refractivity contribution in [2.24, 2.45) is 11.8 Å². The van der Waals surface area contributed by atoms with Crippen LogP contribution in [0.2, 0.25) is 0 Å². The van der Waals surface area contributed by atoms with Crippen molar-refractivity contribution in [2.75, 3.05) is 32.0 Å². The molecule has 26 heavy (non-hydrogen) atoms. The molecule has 0 spiro atoms. The van der Waals surface area contributed by atoms with Crippen LogP contribution >= 0.6 is 0 Å². The van der Waals surface area contributed by atoms with E-state index in [-0.39, 0.29) is 24.4 Å². The molecule has 0 saturated carbocycles. The smallest absolute Gasteiger partial charge is 0.239 e. The summed E-state index contributed by atoms with van der Waals surface area (Å²) < 4.78 is 0. The van der Waals surface area contributed by atoms with Crippen LogP contribution in [0, 0.1) is 25.7 Å². The number of carbonyl (C=O) groups excluding carboxylic acids is 2. The van der Waals surface area contributed by atoms with E-state index < -0.39 is 0 Å². The number of rotatable bonds is 5. The van der Waals surface area contributed by atoms with Gasteiger partial charge in [-0.15, -0.1) is 0 Å². The van der Waals surface area contributed by atoms with Gasteiger partial charge in [0.1, 0.15) is 0 Å². The molecule has 1 aromatic carbocycles. The summed E-state index contributed by atoms with van der Waals surface area (Å²) in [5, 5.41) is 2.96. The summed E-state index contributed by atoms with van der Waals surface area (Å²) in [5.41, 5.74) is 3.05. The van der Waals surface area contributed by atoms with E-state index in [1.54, 1.807) is 0 Å². The Morgan fingerprint density at radius 1 is 1.23 bits per heavy atom. The highest BCUT2D eigenvalue weighted by molar-refractivity contribution is 5.93. The molecule has 5 heteroatoms. The molecule has 1 aliphatic rings. The average molecular weight is 360 g/mol. The molecule has 2 amide bonds. The molecule has 0 aromatic heterocycles. The predicted molar refractivity (Wildman–Crippen MR) is 106 cm³/mol. The van der Waals surface area contributed by atoms with E-state index in [9.17, 15) is 9.59 Å². The van der Waals surface area contributed by atoms with Crippen LogP contribution in [0.3, 0.4) is 0 Å². The minimum Gasteiger partial charge on any atom is -0.341 e. The Labute approximate surface area is 157 Å². The Bertz CT molecular complexity index is 649. The van der Waals surface area contributed by atoms with Gasteiger partial charge in [-0.05, 0) is 63.3 Å². The number of amides is 2. The first-order valence-corrected chi connectivity index (χ1v) is 9.54. The van der Waals surface area contributed by atoms with Crippen molar-refractivity contribution in [2.45, 2.75) is 47.1 Å². The van der Waals surface area contributed by atoms with Crippen LogP contribution in [0.5, 0.6) is 0 Å². The number of carbonyl (C=O) groups is 2. The fraction of sp³-hybridized carbons (Fsp3) is 0.619. The van der Waals surface area contributed by atoms with Crippen molar-refractivity contribution in [1.82, 2.24) is 9.80 Å². The summed E-state index contributed by atoms with van der Waals surface area (Å²) >= 11 is 0. The Balaban J connectivity index is 1.93. The molecule has 0 radical (unpaired) electrons. The highest BCUT2D eigenvalue weighted by Crippen LogP contribution is 2.22. The fourth-order valence-corrected chi connectivity index (χ4v) is 3.74. The molecule has 0 aliphatic carbocycles. The Morgan fingerprint density at radius 3 is 2.46 bits per heavy atom. The van der Waals surface area contributed by atoms with Crippen LogP contribution in [0.4, 0.5) is 5.69 Å². The van der Waals surface area contributed by atoms with Gasteiger partial charge >= 0.3 is 0 Å². The molecule has 144 valence electrons. The van der Waals surface area contributed by atoms with E-state index in [1.165, 1.54) is 6.42 Å². The number of benzene rings is 1. The third-order valence-electron chi connectivity index (χ3n) is 5.47. The maximum absolute atomic E-state index is 12.8. The molecule has 3 atom stereocenters. The van der Waals surface area contributed by atoms with Crippen LogP contribution in [-0.2, 0) is 9.59 Å². The van der Waals surface area contributed by atoms with E-state index in [4.69, 9.17) is 0 Å². The monoisotopic (exact) mass is 359 g/mol. The molecule has 0 bridgehead atoms. The molecule has 1 heterocycles. The third-order valence-corrected chi connectivity index (χ3v) is 5.47. The standard InChI is InChI=1S/C21H33N3O2/c1-14-10-15(2)12-24(11-14)21(26)18(5)23(6)13-20(25)22-19-9-7-8-16(3)17(19)4/h7-9,14-15,18H,10-13H2,1-6H3,(H,22,25)/t14-,15+,18-/m0/s1. The minimum atomic E-state index is -0.308. The molecule has 5 nitrogen and oxygen atoms in total. The lowest BCUT2D eigenvalue weighted by Gasteiger charge is -2.38. The first-order valence-electron chi connectivity index (χ1n) is 9.54. The van der Waals surface area contributed by atoms with Gasteiger partial charge in [0.05, 0.1) is 12.6 Å². The van der Waals surface area contributed by atoms with Gasteiger partial charge in [0, 0.05) is 18.8 Å². The maximum atomic E-state index is 12.8. The van der Waals surface area contributed by atoms with E-state index in [0.717, 1.165) is 29.9 Å². The summed E-state index contributed by atoms with van der Waals surface area (Å²) in [6.45, 7) is 12.1. The van der Waals surface area contributed by atoms with Crippen LogP contribution in [0.15, 0.2) is 18.2 Å². The van der Waals surface area contributed by atoms with Crippen LogP contribution in [-0.4, -0.2) is 54.3 Å².